The van der Waals surface area contributed by atoms with Crippen LogP contribution in [0, 0.1) is 0 Å². The van der Waals surface area contributed by atoms with Crippen molar-refractivity contribution < 1.29 is 28.5 Å². The summed E-state index contributed by atoms with van der Waals surface area (Å²) < 4.78 is 21.1. The van der Waals surface area contributed by atoms with Gasteiger partial charge in [0, 0.05) is 11.6 Å². The number of ether oxygens (including phenoxy) is 4. The molecule has 0 N–H and O–H groups in total. The first-order chi connectivity index (χ1) is 13.0. The predicted molar refractivity (Wildman–Crippen MR) is 97.3 cm³/mol. The van der Waals surface area contributed by atoms with Gasteiger partial charge in [-0.05, 0) is 30.7 Å². The summed E-state index contributed by atoms with van der Waals surface area (Å²) in [6.45, 7) is 1.67. The van der Waals surface area contributed by atoms with Crippen LogP contribution >= 0.6 is 0 Å². The van der Waals surface area contributed by atoms with Crippen LogP contribution in [-0.4, -0.2) is 37.6 Å². The van der Waals surface area contributed by atoms with Crippen LogP contribution in [0.5, 0.6) is 17.2 Å². The topological polar surface area (TPSA) is 83.4 Å². The first-order valence-corrected chi connectivity index (χ1v) is 8.35. The highest BCUT2D eigenvalue weighted by Crippen LogP contribution is 2.31. The molecule has 0 saturated carbocycles. The summed E-state index contributed by atoms with van der Waals surface area (Å²) in [5.41, 5.74) is -1.29. The molecule has 1 heterocycles. The lowest BCUT2D eigenvalue weighted by molar-refractivity contribution is -0.151. The van der Waals surface area contributed by atoms with E-state index in [1.54, 1.807) is 55.5 Å². The third-order valence-electron chi connectivity index (χ3n) is 4.22. The van der Waals surface area contributed by atoms with Crippen LogP contribution in [0.2, 0.25) is 0 Å². The molecule has 0 aliphatic carbocycles. The van der Waals surface area contributed by atoms with E-state index in [1.165, 1.54) is 14.2 Å². The van der Waals surface area contributed by atoms with E-state index in [-0.39, 0.29) is 12.3 Å². The lowest BCUT2D eigenvalue weighted by Crippen LogP contribution is -2.44. The number of hydrogen-bond donors (Lipinski definition) is 0. The van der Waals surface area contributed by atoms with Gasteiger partial charge in [-0.3, -0.25) is 0 Å². The maximum atomic E-state index is 12.7. The molecule has 1 aliphatic heterocycles. The molecule has 2 aromatic carbocycles. The third-order valence-corrected chi connectivity index (χ3v) is 4.22. The zero-order valence-electron chi connectivity index (χ0n) is 15.2. The molecule has 7 heteroatoms. The van der Waals surface area contributed by atoms with Crippen LogP contribution < -0.4 is 14.2 Å². The van der Waals surface area contributed by atoms with Gasteiger partial charge in [0.05, 0.1) is 14.2 Å². The zero-order chi connectivity index (χ0) is 19.4. The number of carbonyl (C=O) groups is 2. The first-order valence-electron chi connectivity index (χ1n) is 8.35. The van der Waals surface area contributed by atoms with E-state index in [0.717, 1.165) is 0 Å². The molecule has 0 saturated heterocycles. The van der Waals surface area contributed by atoms with Crippen LogP contribution in [0.4, 0.5) is 0 Å². The summed E-state index contributed by atoms with van der Waals surface area (Å²) in [5, 5.41) is 0. The van der Waals surface area contributed by atoms with Gasteiger partial charge < -0.3 is 18.9 Å². The largest absolute Gasteiger partial charge is 0.497 e. The second kappa shape index (κ2) is 7.49. The number of carbonyl (C=O) groups excluding carboxylic acids is 2. The van der Waals surface area contributed by atoms with Crippen LogP contribution in [-0.2, 0) is 14.3 Å². The Morgan fingerprint density at radius 2 is 1.67 bits per heavy atom. The van der Waals surface area contributed by atoms with E-state index in [2.05, 4.69) is 4.99 Å². The minimum Gasteiger partial charge on any atom is -0.497 e. The number of esters is 2. The van der Waals surface area contributed by atoms with Crippen LogP contribution in [0.25, 0.3) is 0 Å². The highest BCUT2D eigenvalue weighted by Gasteiger charge is 2.53. The number of para-hydroxylation sites is 1. The fourth-order valence-corrected chi connectivity index (χ4v) is 2.65. The standard InChI is InChI=1S/C20H19NO6/c1-4-20(18(22)26-14-8-6-5-7-9-14)19(23)27-17(21-20)13-10-15(24-2)12-16(11-13)25-3/h5-12H,4H2,1-3H3/t20-/m1/s1. The van der Waals surface area contributed by atoms with E-state index in [9.17, 15) is 9.59 Å². The van der Waals surface area contributed by atoms with E-state index in [0.29, 0.717) is 22.8 Å². The molecule has 2 aromatic rings. The maximum absolute atomic E-state index is 12.7. The van der Waals surface area contributed by atoms with Gasteiger partial charge >= 0.3 is 11.9 Å². The monoisotopic (exact) mass is 369 g/mol. The van der Waals surface area contributed by atoms with Crippen molar-refractivity contribution in [2.24, 2.45) is 4.99 Å². The Morgan fingerprint density at radius 1 is 1.04 bits per heavy atom. The number of benzene rings is 2. The van der Waals surface area contributed by atoms with E-state index in [4.69, 9.17) is 18.9 Å². The summed E-state index contributed by atoms with van der Waals surface area (Å²) in [6.07, 6.45) is 0.0993. The average molecular weight is 369 g/mol. The molecule has 7 nitrogen and oxygen atoms in total. The summed E-state index contributed by atoms with van der Waals surface area (Å²) >= 11 is 0. The van der Waals surface area contributed by atoms with Gasteiger partial charge in [-0.25, -0.2) is 14.6 Å². The molecule has 0 unspecified atom stereocenters. The van der Waals surface area contributed by atoms with Gasteiger partial charge in [-0.15, -0.1) is 0 Å². The second-order valence-corrected chi connectivity index (χ2v) is 5.82. The molecule has 0 amide bonds. The molecular weight excluding hydrogens is 350 g/mol. The van der Waals surface area contributed by atoms with Crippen molar-refractivity contribution in [1.82, 2.24) is 0 Å². The van der Waals surface area contributed by atoms with Crippen molar-refractivity contribution in [3.8, 4) is 17.2 Å². The van der Waals surface area contributed by atoms with Crippen molar-refractivity contribution >= 4 is 17.8 Å². The number of nitrogens with zero attached hydrogens (tertiary/aromatic N) is 1. The van der Waals surface area contributed by atoms with Crippen molar-refractivity contribution in [1.29, 1.82) is 0 Å². The number of aliphatic imine (C=N–C) groups is 1. The Bertz CT molecular complexity index is 870. The molecular formula is C20H19NO6. The highest BCUT2D eigenvalue weighted by molar-refractivity contribution is 6.17. The third kappa shape index (κ3) is 3.48. The first kappa shape index (κ1) is 18.4. The maximum Gasteiger partial charge on any atom is 0.352 e. The summed E-state index contributed by atoms with van der Waals surface area (Å²) in [6, 6.07) is 13.5. The summed E-state index contributed by atoms with van der Waals surface area (Å²) in [4.78, 5) is 29.6. The van der Waals surface area contributed by atoms with Crippen molar-refractivity contribution in [2.45, 2.75) is 18.9 Å². The Morgan fingerprint density at radius 3 is 2.22 bits per heavy atom. The van der Waals surface area contributed by atoms with Gasteiger partial charge in [0.2, 0.25) is 5.90 Å². The fraction of sp³-hybridized carbons (Fsp3) is 0.250. The second-order valence-electron chi connectivity index (χ2n) is 5.82. The number of rotatable bonds is 6. The SMILES string of the molecule is CC[C@]1(C(=O)Oc2ccccc2)N=C(c2cc(OC)cc(OC)c2)OC1=O. The normalized spacial score (nSPS) is 18.5. The summed E-state index contributed by atoms with van der Waals surface area (Å²) in [7, 11) is 3.02. The van der Waals surface area contributed by atoms with Crippen molar-refractivity contribution in [2.75, 3.05) is 14.2 Å². The van der Waals surface area contributed by atoms with Crippen molar-refractivity contribution in [3.63, 3.8) is 0 Å². The molecule has 1 atom stereocenters. The van der Waals surface area contributed by atoms with Crippen LogP contribution in [0.15, 0.2) is 53.5 Å². The van der Waals surface area contributed by atoms with Gasteiger partial charge in [-0.2, -0.15) is 0 Å². The predicted octanol–water partition coefficient (Wildman–Crippen LogP) is 2.76. The minimum absolute atomic E-state index is 0.0176. The molecule has 0 bridgehead atoms. The van der Waals surface area contributed by atoms with Gasteiger partial charge in [0.1, 0.15) is 17.2 Å². The molecule has 140 valence electrons. The molecule has 3 rings (SSSR count). The number of methoxy groups -OCH3 is 2. The molecule has 0 radical (unpaired) electrons. The molecule has 27 heavy (non-hydrogen) atoms. The van der Waals surface area contributed by atoms with Crippen LogP contribution in [0.1, 0.15) is 18.9 Å². The van der Waals surface area contributed by atoms with Crippen LogP contribution in [0.3, 0.4) is 0 Å². The van der Waals surface area contributed by atoms with E-state index in [1.807, 2.05) is 0 Å². The van der Waals surface area contributed by atoms with Crippen molar-refractivity contribution in [3.05, 3.63) is 54.1 Å². The fourth-order valence-electron chi connectivity index (χ4n) is 2.65. The lowest BCUT2D eigenvalue weighted by atomic mass is 9.98. The number of cyclic esters (lactones) is 1. The molecule has 0 aromatic heterocycles. The quantitative estimate of drug-likeness (QED) is 0.442. The Hall–Kier alpha value is -3.35. The smallest absolute Gasteiger partial charge is 0.352 e. The molecule has 1 aliphatic rings. The van der Waals surface area contributed by atoms with E-state index >= 15 is 0 Å². The molecule has 0 spiro atoms. The molecule has 0 fully saturated rings. The Kier molecular flexibility index (Phi) is 5.12. The van der Waals surface area contributed by atoms with Gasteiger partial charge in [0.25, 0.3) is 5.54 Å². The van der Waals surface area contributed by atoms with Gasteiger partial charge in [-0.1, -0.05) is 25.1 Å². The highest BCUT2D eigenvalue weighted by atomic mass is 16.6. The summed E-state index contributed by atoms with van der Waals surface area (Å²) in [5.74, 6) is -0.208. The van der Waals surface area contributed by atoms with Gasteiger partial charge in [0.15, 0.2) is 0 Å². The zero-order valence-corrected chi connectivity index (χ0v) is 15.2. The Balaban J connectivity index is 1.96. The minimum atomic E-state index is -1.75. The number of hydrogen-bond acceptors (Lipinski definition) is 7. The van der Waals surface area contributed by atoms with E-state index < -0.39 is 17.5 Å². The average Bonchev–Trinajstić information content (AvgIpc) is 3.06. The lowest BCUT2D eigenvalue weighted by Gasteiger charge is -2.17. The Labute approximate surface area is 156 Å².